The SMILES string of the molecule is Cc1ccc(C(=O)NCC(C)(O)c2ccsc2)cc1O. The van der Waals surface area contributed by atoms with Crippen molar-refractivity contribution in [1.82, 2.24) is 5.32 Å². The van der Waals surface area contributed by atoms with Gasteiger partial charge in [-0.15, -0.1) is 0 Å². The fourth-order valence-corrected chi connectivity index (χ4v) is 2.56. The lowest BCUT2D eigenvalue weighted by Crippen LogP contribution is -2.38. The van der Waals surface area contributed by atoms with Gasteiger partial charge in [0.1, 0.15) is 11.4 Å². The summed E-state index contributed by atoms with van der Waals surface area (Å²) in [6.45, 7) is 3.53. The van der Waals surface area contributed by atoms with Crippen molar-refractivity contribution in [2.75, 3.05) is 6.54 Å². The van der Waals surface area contributed by atoms with Crippen molar-refractivity contribution < 1.29 is 15.0 Å². The minimum Gasteiger partial charge on any atom is -0.508 e. The summed E-state index contributed by atoms with van der Waals surface area (Å²) in [7, 11) is 0. The fraction of sp³-hybridized carbons (Fsp3) is 0.267. The van der Waals surface area contributed by atoms with E-state index in [2.05, 4.69) is 5.32 Å². The zero-order valence-corrected chi connectivity index (χ0v) is 12.2. The molecule has 1 unspecified atom stereocenters. The summed E-state index contributed by atoms with van der Waals surface area (Å²) in [5, 5.41) is 26.3. The summed E-state index contributed by atoms with van der Waals surface area (Å²) in [5.41, 5.74) is 0.748. The molecule has 1 atom stereocenters. The average Bonchev–Trinajstić information content (AvgIpc) is 2.94. The maximum absolute atomic E-state index is 12.0. The molecule has 1 amide bonds. The van der Waals surface area contributed by atoms with Crippen LogP contribution in [0.4, 0.5) is 0 Å². The highest BCUT2D eigenvalue weighted by Crippen LogP contribution is 2.22. The van der Waals surface area contributed by atoms with Gasteiger partial charge in [-0.05, 0) is 53.9 Å². The van der Waals surface area contributed by atoms with Crippen LogP contribution >= 0.6 is 11.3 Å². The number of aliphatic hydroxyl groups is 1. The second-order valence-electron chi connectivity index (χ2n) is 4.97. The summed E-state index contributed by atoms with van der Waals surface area (Å²) in [5.74, 6) is -0.238. The lowest BCUT2D eigenvalue weighted by atomic mass is 9.99. The van der Waals surface area contributed by atoms with Gasteiger partial charge in [-0.3, -0.25) is 4.79 Å². The highest BCUT2D eigenvalue weighted by Gasteiger charge is 2.24. The third kappa shape index (κ3) is 3.18. The van der Waals surface area contributed by atoms with Crippen LogP contribution in [0.15, 0.2) is 35.0 Å². The van der Waals surface area contributed by atoms with Crippen molar-refractivity contribution in [2.45, 2.75) is 19.4 Å². The van der Waals surface area contributed by atoms with Crippen LogP contribution in [0.1, 0.15) is 28.4 Å². The van der Waals surface area contributed by atoms with Crippen molar-refractivity contribution in [3.05, 3.63) is 51.7 Å². The minimum absolute atomic E-state index is 0.0854. The molecule has 0 fully saturated rings. The Balaban J connectivity index is 2.03. The van der Waals surface area contributed by atoms with Crippen LogP contribution in [0.3, 0.4) is 0 Å². The Hall–Kier alpha value is -1.85. The van der Waals surface area contributed by atoms with Crippen molar-refractivity contribution in [2.24, 2.45) is 0 Å². The third-order valence-corrected chi connectivity index (χ3v) is 3.89. The molecule has 1 heterocycles. The predicted octanol–water partition coefficient (Wildman–Crippen LogP) is 2.40. The number of carbonyl (C=O) groups is 1. The van der Waals surface area contributed by atoms with Crippen LogP contribution in [-0.4, -0.2) is 22.7 Å². The van der Waals surface area contributed by atoms with Crippen molar-refractivity contribution in [3.8, 4) is 5.75 Å². The van der Waals surface area contributed by atoms with Gasteiger partial charge >= 0.3 is 0 Å². The summed E-state index contributed by atoms with van der Waals surface area (Å²) in [4.78, 5) is 12.0. The van der Waals surface area contributed by atoms with Gasteiger partial charge in [0.2, 0.25) is 0 Å². The van der Waals surface area contributed by atoms with Crippen molar-refractivity contribution in [1.29, 1.82) is 0 Å². The number of aryl methyl sites for hydroxylation is 1. The molecular formula is C15H17NO3S. The number of rotatable bonds is 4. The van der Waals surface area contributed by atoms with E-state index in [4.69, 9.17) is 0 Å². The summed E-state index contributed by atoms with van der Waals surface area (Å²) >= 11 is 1.49. The molecule has 0 spiro atoms. The Kier molecular flexibility index (Phi) is 4.11. The Bertz CT molecular complexity index is 606. The zero-order valence-electron chi connectivity index (χ0n) is 11.4. The van der Waals surface area contributed by atoms with Gasteiger partial charge in [-0.1, -0.05) is 6.07 Å². The minimum atomic E-state index is -1.11. The van der Waals surface area contributed by atoms with E-state index in [1.165, 1.54) is 17.4 Å². The molecule has 0 bridgehead atoms. The first-order valence-electron chi connectivity index (χ1n) is 6.23. The van der Waals surface area contributed by atoms with Gasteiger partial charge < -0.3 is 15.5 Å². The summed E-state index contributed by atoms with van der Waals surface area (Å²) in [6.07, 6.45) is 0. The van der Waals surface area contributed by atoms with Crippen LogP contribution in [0.5, 0.6) is 5.75 Å². The van der Waals surface area contributed by atoms with Crippen LogP contribution in [0.25, 0.3) is 0 Å². The second-order valence-corrected chi connectivity index (χ2v) is 5.75. The van der Waals surface area contributed by atoms with E-state index in [0.29, 0.717) is 11.1 Å². The van der Waals surface area contributed by atoms with Gasteiger partial charge in [-0.2, -0.15) is 11.3 Å². The molecule has 1 aromatic carbocycles. The molecule has 0 saturated carbocycles. The van der Waals surface area contributed by atoms with Crippen LogP contribution in [0, 0.1) is 6.92 Å². The number of hydrogen-bond acceptors (Lipinski definition) is 4. The van der Waals surface area contributed by atoms with E-state index in [9.17, 15) is 15.0 Å². The molecule has 0 radical (unpaired) electrons. The van der Waals surface area contributed by atoms with Gasteiger partial charge in [0, 0.05) is 5.56 Å². The molecule has 4 nitrogen and oxygen atoms in total. The van der Waals surface area contributed by atoms with E-state index in [-0.39, 0.29) is 18.2 Å². The monoisotopic (exact) mass is 291 g/mol. The number of amides is 1. The molecule has 20 heavy (non-hydrogen) atoms. The molecule has 0 saturated heterocycles. The quantitative estimate of drug-likeness (QED) is 0.810. The molecule has 3 N–H and O–H groups in total. The first kappa shape index (κ1) is 14.6. The Morgan fingerprint density at radius 2 is 2.15 bits per heavy atom. The van der Waals surface area contributed by atoms with Gasteiger partial charge in [0.15, 0.2) is 0 Å². The molecule has 2 rings (SSSR count). The standard InChI is InChI=1S/C15H17NO3S/c1-10-3-4-11(7-13(10)17)14(18)16-9-15(2,19)12-5-6-20-8-12/h3-8,17,19H,9H2,1-2H3,(H,16,18). The van der Waals surface area contributed by atoms with E-state index < -0.39 is 5.60 Å². The topological polar surface area (TPSA) is 69.6 Å². The van der Waals surface area contributed by atoms with Gasteiger partial charge in [0.25, 0.3) is 5.91 Å². The van der Waals surface area contributed by atoms with E-state index in [1.54, 1.807) is 26.0 Å². The number of phenolic OH excluding ortho intramolecular Hbond substituents is 1. The Morgan fingerprint density at radius 3 is 2.75 bits per heavy atom. The average molecular weight is 291 g/mol. The fourth-order valence-electron chi connectivity index (χ4n) is 1.78. The maximum Gasteiger partial charge on any atom is 0.251 e. The first-order chi connectivity index (χ1) is 9.40. The van der Waals surface area contributed by atoms with Crippen molar-refractivity contribution >= 4 is 17.2 Å². The lowest BCUT2D eigenvalue weighted by Gasteiger charge is -2.22. The van der Waals surface area contributed by atoms with E-state index >= 15 is 0 Å². The normalized spacial score (nSPS) is 13.8. The largest absolute Gasteiger partial charge is 0.508 e. The molecule has 0 aliphatic rings. The molecule has 0 aliphatic carbocycles. The van der Waals surface area contributed by atoms with Gasteiger partial charge in [0.05, 0.1) is 6.54 Å². The van der Waals surface area contributed by atoms with E-state index in [1.807, 2.05) is 16.8 Å². The van der Waals surface area contributed by atoms with Crippen LogP contribution in [-0.2, 0) is 5.60 Å². The zero-order chi connectivity index (χ0) is 14.8. The van der Waals surface area contributed by atoms with Crippen molar-refractivity contribution in [3.63, 3.8) is 0 Å². The third-order valence-electron chi connectivity index (χ3n) is 3.21. The smallest absolute Gasteiger partial charge is 0.251 e. The van der Waals surface area contributed by atoms with Crippen LogP contribution in [0.2, 0.25) is 0 Å². The number of benzene rings is 1. The molecule has 1 aromatic heterocycles. The molecule has 2 aromatic rings. The Labute approximate surface area is 121 Å². The lowest BCUT2D eigenvalue weighted by molar-refractivity contribution is 0.0530. The van der Waals surface area contributed by atoms with Crippen LogP contribution < -0.4 is 5.32 Å². The molecular weight excluding hydrogens is 274 g/mol. The first-order valence-corrected chi connectivity index (χ1v) is 7.17. The Morgan fingerprint density at radius 1 is 1.40 bits per heavy atom. The number of hydrogen-bond donors (Lipinski definition) is 3. The summed E-state index contributed by atoms with van der Waals surface area (Å²) in [6, 6.07) is 6.57. The highest BCUT2D eigenvalue weighted by molar-refractivity contribution is 7.08. The molecule has 5 heteroatoms. The number of carbonyl (C=O) groups excluding carboxylic acids is 1. The number of aromatic hydroxyl groups is 1. The van der Waals surface area contributed by atoms with Gasteiger partial charge in [-0.25, -0.2) is 0 Å². The number of nitrogens with one attached hydrogen (secondary N) is 1. The van der Waals surface area contributed by atoms with E-state index in [0.717, 1.165) is 5.56 Å². The molecule has 106 valence electrons. The molecule has 0 aliphatic heterocycles. The predicted molar refractivity (Wildman–Crippen MR) is 79.1 cm³/mol. The highest BCUT2D eigenvalue weighted by atomic mass is 32.1. The number of thiophene rings is 1. The number of phenols is 1. The second kappa shape index (κ2) is 5.64. The maximum atomic E-state index is 12.0. The summed E-state index contributed by atoms with van der Waals surface area (Å²) < 4.78 is 0.